The number of hydrogen-bond donors (Lipinski definition) is 1. The average molecular weight is 481 g/mol. The molecule has 1 aliphatic heterocycles. The van der Waals surface area contributed by atoms with Gasteiger partial charge in [-0.25, -0.2) is 9.79 Å². The van der Waals surface area contributed by atoms with Gasteiger partial charge in [0.2, 0.25) is 0 Å². The minimum absolute atomic E-state index is 0.00647. The molecule has 1 aliphatic rings. The number of esters is 1. The molecule has 0 spiro atoms. The largest absolute Gasteiger partial charge is 0.504 e. The van der Waals surface area contributed by atoms with E-state index in [1.165, 1.54) is 29.1 Å². The van der Waals surface area contributed by atoms with Gasteiger partial charge in [0.05, 0.1) is 36.6 Å². The van der Waals surface area contributed by atoms with Crippen LogP contribution in [-0.2, 0) is 9.53 Å². The van der Waals surface area contributed by atoms with Gasteiger partial charge >= 0.3 is 5.97 Å². The predicted molar refractivity (Wildman–Crippen MR) is 128 cm³/mol. The van der Waals surface area contributed by atoms with Gasteiger partial charge in [-0.05, 0) is 43.7 Å². The fourth-order valence-corrected chi connectivity index (χ4v) is 4.96. The Morgan fingerprint density at radius 3 is 2.62 bits per heavy atom. The first-order valence-corrected chi connectivity index (χ1v) is 11.4. The molecular weight excluding hydrogens is 456 g/mol. The number of allylic oxidation sites excluding steroid dienone is 1. The van der Waals surface area contributed by atoms with Crippen molar-refractivity contribution in [3.05, 3.63) is 84.5 Å². The lowest BCUT2D eigenvalue weighted by Crippen LogP contribution is -2.40. The Morgan fingerprint density at radius 1 is 1.18 bits per heavy atom. The SMILES string of the molecule is CCOC(=O)C1=C(C)N=c2s/c(=C\c3ccc(O)c(OC)c3)c(=O)n2[C@H]1c1ccccc1OC. The Morgan fingerprint density at radius 2 is 1.91 bits per heavy atom. The van der Waals surface area contributed by atoms with Gasteiger partial charge in [-0.3, -0.25) is 9.36 Å². The van der Waals surface area contributed by atoms with Gasteiger partial charge in [0.1, 0.15) is 11.8 Å². The van der Waals surface area contributed by atoms with Crippen molar-refractivity contribution in [2.45, 2.75) is 19.9 Å². The van der Waals surface area contributed by atoms with Crippen LogP contribution in [0.4, 0.5) is 0 Å². The summed E-state index contributed by atoms with van der Waals surface area (Å²) in [7, 11) is 3.00. The number of aromatic nitrogens is 1. The van der Waals surface area contributed by atoms with Crippen molar-refractivity contribution in [2.24, 2.45) is 4.99 Å². The lowest BCUT2D eigenvalue weighted by atomic mass is 9.95. The number of para-hydroxylation sites is 1. The fraction of sp³-hybridized carbons (Fsp3) is 0.240. The zero-order valence-electron chi connectivity index (χ0n) is 19.2. The Balaban J connectivity index is 1.97. The maximum atomic E-state index is 13.6. The van der Waals surface area contributed by atoms with Crippen molar-refractivity contribution >= 4 is 23.4 Å². The number of ether oxygens (including phenoxy) is 3. The van der Waals surface area contributed by atoms with Gasteiger partial charge in [-0.15, -0.1) is 0 Å². The monoisotopic (exact) mass is 480 g/mol. The first-order valence-electron chi connectivity index (χ1n) is 10.6. The van der Waals surface area contributed by atoms with E-state index in [2.05, 4.69) is 4.99 Å². The molecule has 2 aromatic carbocycles. The van der Waals surface area contributed by atoms with E-state index in [-0.39, 0.29) is 23.5 Å². The summed E-state index contributed by atoms with van der Waals surface area (Å²) in [6.07, 6.45) is 1.70. The van der Waals surface area contributed by atoms with Crippen LogP contribution in [-0.4, -0.2) is 36.5 Å². The van der Waals surface area contributed by atoms with Gasteiger partial charge in [-0.2, -0.15) is 0 Å². The van der Waals surface area contributed by atoms with Crippen molar-refractivity contribution < 1.29 is 24.1 Å². The summed E-state index contributed by atoms with van der Waals surface area (Å²) in [5.41, 5.74) is 1.79. The van der Waals surface area contributed by atoms with Crippen molar-refractivity contribution in [1.29, 1.82) is 0 Å². The van der Waals surface area contributed by atoms with Crippen LogP contribution in [0.2, 0.25) is 0 Å². The normalized spacial score (nSPS) is 15.5. The van der Waals surface area contributed by atoms with Crippen molar-refractivity contribution in [3.63, 3.8) is 0 Å². The first-order chi connectivity index (χ1) is 16.4. The van der Waals surface area contributed by atoms with Gasteiger partial charge in [0.25, 0.3) is 5.56 Å². The van der Waals surface area contributed by atoms with Crippen LogP contribution < -0.4 is 24.4 Å². The van der Waals surface area contributed by atoms with E-state index < -0.39 is 12.0 Å². The Hall–Kier alpha value is -3.85. The molecule has 0 saturated carbocycles. The smallest absolute Gasteiger partial charge is 0.338 e. The highest BCUT2D eigenvalue weighted by molar-refractivity contribution is 7.07. The van der Waals surface area contributed by atoms with E-state index in [1.807, 2.05) is 18.2 Å². The number of rotatable bonds is 6. The summed E-state index contributed by atoms with van der Waals surface area (Å²) in [4.78, 5) is 31.6. The highest BCUT2D eigenvalue weighted by atomic mass is 32.1. The fourth-order valence-electron chi connectivity index (χ4n) is 3.91. The molecule has 1 atom stereocenters. The Kier molecular flexibility index (Phi) is 6.56. The number of phenols is 1. The third-order valence-corrected chi connectivity index (χ3v) is 6.44. The highest BCUT2D eigenvalue weighted by Crippen LogP contribution is 2.35. The molecule has 0 aliphatic carbocycles. The third-order valence-electron chi connectivity index (χ3n) is 5.45. The predicted octanol–water partition coefficient (Wildman–Crippen LogP) is 2.52. The van der Waals surface area contributed by atoms with E-state index in [4.69, 9.17) is 14.2 Å². The molecule has 0 bridgehead atoms. The van der Waals surface area contributed by atoms with Gasteiger partial charge in [0, 0.05) is 5.56 Å². The van der Waals surface area contributed by atoms with Gasteiger partial charge in [0.15, 0.2) is 16.3 Å². The van der Waals surface area contributed by atoms with Crippen LogP contribution in [0.15, 0.2) is 63.5 Å². The summed E-state index contributed by atoms with van der Waals surface area (Å²) < 4.78 is 18.0. The van der Waals surface area contributed by atoms with Crippen molar-refractivity contribution in [3.8, 4) is 17.2 Å². The van der Waals surface area contributed by atoms with Crippen LogP contribution in [0.25, 0.3) is 6.08 Å². The number of carbonyl (C=O) groups excluding carboxylic acids is 1. The van der Waals surface area contributed by atoms with E-state index >= 15 is 0 Å². The second kappa shape index (κ2) is 9.56. The molecule has 0 unspecified atom stereocenters. The quantitative estimate of drug-likeness (QED) is 0.545. The maximum Gasteiger partial charge on any atom is 0.338 e. The molecule has 34 heavy (non-hydrogen) atoms. The maximum absolute atomic E-state index is 13.6. The van der Waals surface area contributed by atoms with E-state index in [1.54, 1.807) is 45.2 Å². The molecule has 1 N–H and O–H groups in total. The number of thiazole rings is 1. The molecule has 0 radical (unpaired) electrons. The molecule has 8 nitrogen and oxygen atoms in total. The Bertz CT molecular complexity index is 1470. The van der Waals surface area contributed by atoms with Gasteiger partial charge in [-0.1, -0.05) is 35.6 Å². The minimum atomic E-state index is -0.761. The topological polar surface area (TPSA) is 99.4 Å². The molecular formula is C25H24N2O6S. The zero-order chi connectivity index (χ0) is 24.4. The summed E-state index contributed by atoms with van der Waals surface area (Å²) in [6.45, 7) is 3.66. The standard InChI is InChI=1S/C25H24N2O6S/c1-5-33-24(30)21-14(2)26-25-27(22(21)16-8-6-7-9-18(16)31-3)23(29)20(34-25)13-15-10-11-17(28)19(12-15)32-4/h6-13,22,28H,5H2,1-4H3/b20-13-/t22-/m0/s1. The van der Waals surface area contributed by atoms with Crippen LogP contribution in [0.1, 0.15) is 31.0 Å². The number of phenolic OH excluding ortho intramolecular Hbond substituents is 1. The molecule has 0 amide bonds. The molecule has 1 aromatic heterocycles. The molecule has 4 rings (SSSR count). The summed E-state index contributed by atoms with van der Waals surface area (Å²) >= 11 is 1.21. The molecule has 2 heterocycles. The third kappa shape index (κ3) is 4.10. The van der Waals surface area contributed by atoms with E-state index in [0.717, 1.165) is 0 Å². The number of aromatic hydroxyl groups is 1. The Labute approximate surface area is 199 Å². The summed E-state index contributed by atoms with van der Waals surface area (Å²) in [5, 5.41) is 9.87. The van der Waals surface area contributed by atoms with Crippen LogP contribution >= 0.6 is 11.3 Å². The first kappa shape index (κ1) is 23.3. The lowest BCUT2D eigenvalue weighted by Gasteiger charge is -2.25. The van der Waals surface area contributed by atoms with Gasteiger partial charge < -0.3 is 19.3 Å². The van der Waals surface area contributed by atoms with E-state index in [0.29, 0.717) is 37.7 Å². The number of methoxy groups -OCH3 is 2. The number of fused-ring (bicyclic) bond motifs is 1. The molecule has 176 valence electrons. The number of benzene rings is 2. The van der Waals surface area contributed by atoms with Crippen LogP contribution in [0.5, 0.6) is 17.2 Å². The lowest BCUT2D eigenvalue weighted by molar-refractivity contribution is -0.139. The average Bonchev–Trinajstić information content (AvgIpc) is 3.13. The van der Waals surface area contributed by atoms with Crippen LogP contribution in [0, 0.1) is 0 Å². The summed E-state index contributed by atoms with van der Waals surface area (Å²) in [5.74, 6) is 0.319. The molecule has 3 aromatic rings. The minimum Gasteiger partial charge on any atom is -0.504 e. The van der Waals surface area contributed by atoms with Crippen molar-refractivity contribution in [1.82, 2.24) is 4.57 Å². The van der Waals surface area contributed by atoms with E-state index in [9.17, 15) is 14.7 Å². The second-order valence-electron chi connectivity index (χ2n) is 7.48. The molecule has 0 saturated heterocycles. The zero-order valence-corrected chi connectivity index (χ0v) is 20.0. The molecule has 0 fully saturated rings. The number of nitrogens with zero attached hydrogens (tertiary/aromatic N) is 2. The number of hydrogen-bond acceptors (Lipinski definition) is 8. The highest BCUT2D eigenvalue weighted by Gasteiger charge is 2.34. The summed E-state index contributed by atoms with van der Waals surface area (Å²) in [6, 6.07) is 11.3. The van der Waals surface area contributed by atoms with Crippen LogP contribution in [0.3, 0.4) is 0 Å². The molecule has 9 heteroatoms. The number of carbonyl (C=O) groups is 1. The van der Waals surface area contributed by atoms with Crippen molar-refractivity contribution in [2.75, 3.05) is 20.8 Å². The second-order valence-corrected chi connectivity index (χ2v) is 8.48.